The second-order valence-corrected chi connectivity index (χ2v) is 5.82. The Kier molecular flexibility index (Phi) is 3.31. The van der Waals surface area contributed by atoms with E-state index in [-0.39, 0.29) is 0 Å². The molecule has 48 valence electrons. The van der Waals surface area contributed by atoms with Crippen molar-refractivity contribution >= 4 is 47.7 Å². The van der Waals surface area contributed by atoms with Crippen molar-refractivity contribution in [1.82, 2.24) is 0 Å². The predicted molar refractivity (Wildman–Crippen MR) is 46.7 cm³/mol. The van der Waals surface area contributed by atoms with E-state index in [9.17, 15) is 0 Å². The fraction of sp³-hybridized carbons (Fsp3) is 0. The molecule has 0 aliphatic heterocycles. The van der Waals surface area contributed by atoms with E-state index in [0.717, 1.165) is 4.47 Å². The normalized spacial score (nSPS) is 9.56. The van der Waals surface area contributed by atoms with Crippen LogP contribution >= 0.6 is 15.9 Å². The molecule has 0 N–H and O–H groups in total. The Morgan fingerprint density at radius 2 is 1.78 bits per heavy atom. The van der Waals surface area contributed by atoms with Crippen LogP contribution in [-0.2, 0) is 0 Å². The van der Waals surface area contributed by atoms with Gasteiger partial charge in [-0.2, -0.15) is 0 Å². The molecule has 0 fully saturated rings. The summed E-state index contributed by atoms with van der Waals surface area (Å²) in [4.78, 5) is 0. The zero-order chi connectivity index (χ0) is 6.69. The molecular formula is C6H5BrSe2. The third-order valence-electron chi connectivity index (χ3n) is 0.919. The second kappa shape index (κ2) is 3.80. The van der Waals surface area contributed by atoms with E-state index >= 15 is 0 Å². The summed E-state index contributed by atoms with van der Waals surface area (Å²) in [6.45, 7) is 0. The van der Waals surface area contributed by atoms with Gasteiger partial charge < -0.3 is 0 Å². The SMILES string of the molecule is [SeH][Se]c1ccc(Br)cc1. The molecule has 1 aromatic carbocycles. The fourth-order valence-corrected chi connectivity index (χ4v) is 2.63. The van der Waals surface area contributed by atoms with E-state index in [4.69, 9.17) is 0 Å². The molecule has 0 aliphatic rings. The van der Waals surface area contributed by atoms with Crippen LogP contribution < -0.4 is 4.46 Å². The van der Waals surface area contributed by atoms with Gasteiger partial charge in [0.05, 0.1) is 0 Å². The van der Waals surface area contributed by atoms with Gasteiger partial charge in [-0.15, -0.1) is 0 Å². The van der Waals surface area contributed by atoms with Crippen LogP contribution in [0.25, 0.3) is 0 Å². The molecule has 3 heteroatoms. The van der Waals surface area contributed by atoms with E-state index in [1.165, 1.54) is 4.46 Å². The molecule has 0 amide bonds. The molecule has 1 aromatic rings. The first-order valence-corrected chi connectivity index (χ1v) is 8.79. The summed E-state index contributed by atoms with van der Waals surface area (Å²) in [5, 5.41) is 0. The predicted octanol–water partition coefficient (Wildman–Crippen LogP) is 0.594. The van der Waals surface area contributed by atoms with Crippen molar-refractivity contribution in [2.24, 2.45) is 0 Å². The topological polar surface area (TPSA) is 0 Å². The van der Waals surface area contributed by atoms with E-state index in [0.29, 0.717) is 13.1 Å². The van der Waals surface area contributed by atoms with Crippen molar-refractivity contribution in [2.75, 3.05) is 0 Å². The molecule has 0 atom stereocenters. The second-order valence-electron chi connectivity index (χ2n) is 1.55. The summed E-state index contributed by atoms with van der Waals surface area (Å²) in [6.07, 6.45) is 0. The zero-order valence-corrected chi connectivity index (χ0v) is 9.72. The maximum absolute atomic E-state index is 3.38. The molecule has 1 rings (SSSR count). The summed E-state index contributed by atoms with van der Waals surface area (Å²) in [6, 6.07) is 8.43. The third-order valence-corrected chi connectivity index (χ3v) is 4.76. The Labute approximate surface area is 76.1 Å². The van der Waals surface area contributed by atoms with Crippen molar-refractivity contribution in [3.8, 4) is 0 Å². The molecule has 9 heavy (non-hydrogen) atoms. The number of hydrogen-bond acceptors (Lipinski definition) is 0. The molecule has 0 spiro atoms. The van der Waals surface area contributed by atoms with Gasteiger partial charge in [0.25, 0.3) is 0 Å². The quantitative estimate of drug-likeness (QED) is 0.666. The van der Waals surface area contributed by atoms with Crippen molar-refractivity contribution in [2.45, 2.75) is 0 Å². The van der Waals surface area contributed by atoms with Gasteiger partial charge in [-0.05, 0) is 0 Å². The summed E-state index contributed by atoms with van der Waals surface area (Å²) in [5.74, 6) is 0. The van der Waals surface area contributed by atoms with Crippen LogP contribution in [0.3, 0.4) is 0 Å². The number of rotatable bonds is 1. The first-order valence-electron chi connectivity index (χ1n) is 2.40. The van der Waals surface area contributed by atoms with Crippen LogP contribution in [0.5, 0.6) is 0 Å². The van der Waals surface area contributed by atoms with Crippen molar-refractivity contribution in [1.29, 1.82) is 0 Å². The minimum absolute atomic E-state index is 0.577. The van der Waals surface area contributed by atoms with Crippen molar-refractivity contribution in [3.05, 3.63) is 28.7 Å². The van der Waals surface area contributed by atoms with Gasteiger partial charge in [-0.3, -0.25) is 0 Å². The van der Waals surface area contributed by atoms with Gasteiger partial charge in [0.15, 0.2) is 0 Å². The monoisotopic (exact) mass is 316 g/mol. The van der Waals surface area contributed by atoms with Crippen LogP contribution in [0.1, 0.15) is 0 Å². The van der Waals surface area contributed by atoms with Crippen LogP contribution in [0.15, 0.2) is 28.7 Å². The molecule has 0 unspecified atom stereocenters. The van der Waals surface area contributed by atoms with E-state index in [1.807, 2.05) is 0 Å². The van der Waals surface area contributed by atoms with Crippen LogP contribution in [-0.4, -0.2) is 27.3 Å². The fourth-order valence-electron chi connectivity index (χ4n) is 0.495. The molecule has 0 saturated carbocycles. The van der Waals surface area contributed by atoms with E-state index in [1.54, 1.807) is 0 Å². The Bertz CT molecular complexity index is 183. The van der Waals surface area contributed by atoms with E-state index in [2.05, 4.69) is 54.4 Å². The molecular weight excluding hydrogens is 310 g/mol. The van der Waals surface area contributed by atoms with Gasteiger partial charge in [-0.25, -0.2) is 0 Å². The molecule has 0 bridgehead atoms. The number of hydrogen-bond donors (Lipinski definition) is 0. The van der Waals surface area contributed by atoms with Crippen LogP contribution in [0.4, 0.5) is 0 Å². The first kappa shape index (κ1) is 7.84. The minimum atomic E-state index is 0.577. The van der Waals surface area contributed by atoms with Gasteiger partial charge >= 0.3 is 76.4 Å². The first-order chi connectivity index (χ1) is 4.33. The Hall–Kier alpha value is 0.739. The van der Waals surface area contributed by atoms with Gasteiger partial charge in [0, 0.05) is 0 Å². The van der Waals surface area contributed by atoms with Crippen LogP contribution in [0, 0.1) is 0 Å². The van der Waals surface area contributed by atoms with Gasteiger partial charge in [0.1, 0.15) is 0 Å². The Morgan fingerprint density at radius 3 is 2.22 bits per heavy atom. The molecule has 0 aromatic heterocycles. The summed E-state index contributed by atoms with van der Waals surface area (Å²) >= 11 is 6.58. The maximum atomic E-state index is 3.38. The number of halogens is 1. The average molecular weight is 315 g/mol. The third kappa shape index (κ3) is 2.45. The van der Waals surface area contributed by atoms with Gasteiger partial charge in [0.2, 0.25) is 0 Å². The molecule has 0 heterocycles. The standard InChI is InChI=1S/C6H5BrSe2/c7-5-1-3-6(9-8)4-2-5/h1-4,8H. The number of benzene rings is 1. The average Bonchev–Trinajstić information content (AvgIpc) is 1.90. The Morgan fingerprint density at radius 1 is 1.22 bits per heavy atom. The summed E-state index contributed by atoms with van der Waals surface area (Å²) < 4.78 is 2.58. The molecule has 0 aliphatic carbocycles. The molecule has 0 radical (unpaired) electrons. The van der Waals surface area contributed by atoms with E-state index < -0.39 is 0 Å². The van der Waals surface area contributed by atoms with Gasteiger partial charge in [-0.1, -0.05) is 0 Å². The van der Waals surface area contributed by atoms with Crippen molar-refractivity contribution < 1.29 is 0 Å². The van der Waals surface area contributed by atoms with Crippen LogP contribution in [0.2, 0.25) is 0 Å². The summed E-state index contributed by atoms with van der Waals surface area (Å²) in [7, 11) is 0. The summed E-state index contributed by atoms with van der Waals surface area (Å²) in [5.41, 5.74) is 0. The van der Waals surface area contributed by atoms with Crippen molar-refractivity contribution in [3.63, 3.8) is 0 Å². The Balaban J connectivity index is 2.88. The molecule has 0 nitrogen and oxygen atoms in total. The molecule has 0 saturated heterocycles. The zero-order valence-electron chi connectivity index (χ0n) is 4.54.